The van der Waals surface area contributed by atoms with Crippen LogP contribution in [0, 0.1) is 5.82 Å². The van der Waals surface area contributed by atoms with Crippen molar-refractivity contribution < 1.29 is 9.50 Å². The molecular weight excluding hydrogens is 227 g/mol. The summed E-state index contributed by atoms with van der Waals surface area (Å²) in [6.07, 6.45) is 2.66. The van der Waals surface area contributed by atoms with Crippen LogP contribution in [0.4, 0.5) is 4.39 Å². The number of halogens is 1. The summed E-state index contributed by atoms with van der Waals surface area (Å²) in [6, 6.07) is 4.36. The van der Waals surface area contributed by atoms with Crippen LogP contribution in [-0.2, 0) is 0 Å². The van der Waals surface area contributed by atoms with Gasteiger partial charge in [-0.2, -0.15) is 0 Å². The number of aromatic amines is 1. The van der Waals surface area contributed by atoms with Crippen LogP contribution in [0.3, 0.4) is 0 Å². The molecule has 2 aromatic rings. The van der Waals surface area contributed by atoms with Gasteiger partial charge < -0.3 is 10.1 Å². The van der Waals surface area contributed by atoms with Crippen molar-refractivity contribution in [3.05, 3.63) is 42.0 Å². The highest BCUT2D eigenvalue weighted by Gasteiger charge is 2.11. The molecule has 2 N–H and O–H groups in total. The molecule has 0 aliphatic carbocycles. The number of imidazole rings is 1. The molecule has 0 saturated heterocycles. The minimum Gasteiger partial charge on any atom is -0.389 e. The molecule has 0 saturated carbocycles. The van der Waals surface area contributed by atoms with E-state index in [0.717, 1.165) is 4.90 Å². The normalized spacial score (nSPS) is 12.7. The Labute approximate surface area is 96.7 Å². The van der Waals surface area contributed by atoms with Gasteiger partial charge in [-0.1, -0.05) is 11.8 Å². The molecule has 0 bridgehead atoms. The summed E-state index contributed by atoms with van der Waals surface area (Å²) in [5.74, 6) is -0.348. The first-order valence-electron chi connectivity index (χ1n) is 4.81. The standard InChI is InChI=1S/C11H11FN2OS/c1-7(15)9-6-8(12)2-3-10(9)16-11-13-4-5-14-11/h2-7,15H,1H3,(H,13,14). The molecule has 16 heavy (non-hydrogen) atoms. The molecule has 5 heteroatoms. The molecule has 84 valence electrons. The highest BCUT2D eigenvalue weighted by atomic mass is 32.2. The number of hydrogen-bond donors (Lipinski definition) is 2. The minimum absolute atomic E-state index is 0.348. The van der Waals surface area contributed by atoms with Gasteiger partial charge in [0.05, 0.1) is 6.10 Å². The van der Waals surface area contributed by atoms with Crippen molar-refractivity contribution in [2.24, 2.45) is 0 Å². The summed E-state index contributed by atoms with van der Waals surface area (Å²) in [7, 11) is 0. The first kappa shape index (κ1) is 11.2. The summed E-state index contributed by atoms with van der Waals surface area (Å²) < 4.78 is 13.0. The number of rotatable bonds is 3. The van der Waals surface area contributed by atoms with Crippen molar-refractivity contribution in [3.63, 3.8) is 0 Å². The molecular formula is C11H11FN2OS. The van der Waals surface area contributed by atoms with Gasteiger partial charge in [0.15, 0.2) is 5.16 Å². The van der Waals surface area contributed by atoms with Gasteiger partial charge in [0.1, 0.15) is 5.82 Å². The number of aliphatic hydroxyl groups is 1. The number of H-pyrrole nitrogens is 1. The van der Waals surface area contributed by atoms with Crippen LogP contribution in [0.2, 0.25) is 0 Å². The molecule has 0 aliphatic rings. The summed E-state index contributed by atoms with van der Waals surface area (Å²) in [5.41, 5.74) is 0.571. The van der Waals surface area contributed by atoms with E-state index < -0.39 is 6.10 Å². The van der Waals surface area contributed by atoms with Crippen LogP contribution < -0.4 is 0 Å². The second-order valence-corrected chi connectivity index (χ2v) is 4.39. The van der Waals surface area contributed by atoms with Gasteiger partial charge in [0.25, 0.3) is 0 Å². The van der Waals surface area contributed by atoms with Crippen LogP contribution in [0.25, 0.3) is 0 Å². The minimum atomic E-state index is -0.701. The van der Waals surface area contributed by atoms with Crippen LogP contribution in [0.5, 0.6) is 0 Å². The first-order valence-corrected chi connectivity index (χ1v) is 5.63. The van der Waals surface area contributed by atoms with Gasteiger partial charge in [-0.3, -0.25) is 0 Å². The van der Waals surface area contributed by atoms with E-state index in [2.05, 4.69) is 9.97 Å². The van der Waals surface area contributed by atoms with Crippen molar-refractivity contribution in [1.82, 2.24) is 9.97 Å². The Balaban J connectivity index is 2.33. The Kier molecular flexibility index (Phi) is 3.26. The maximum atomic E-state index is 13.0. The number of benzene rings is 1. The molecule has 1 heterocycles. The van der Waals surface area contributed by atoms with E-state index in [4.69, 9.17) is 0 Å². The average Bonchev–Trinajstić information content (AvgIpc) is 2.73. The van der Waals surface area contributed by atoms with E-state index in [1.807, 2.05) is 0 Å². The Bertz CT molecular complexity index is 471. The van der Waals surface area contributed by atoms with Gasteiger partial charge in [-0.05, 0) is 30.7 Å². The van der Waals surface area contributed by atoms with Gasteiger partial charge in [-0.15, -0.1) is 0 Å². The zero-order valence-corrected chi connectivity index (χ0v) is 9.46. The quantitative estimate of drug-likeness (QED) is 0.864. The van der Waals surface area contributed by atoms with E-state index in [0.29, 0.717) is 10.7 Å². The lowest BCUT2D eigenvalue weighted by molar-refractivity contribution is 0.196. The molecule has 1 atom stereocenters. The number of nitrogens with zero attached hydrogens (tertiary/aromatic N) is 1. The maximum absolute atomic E-state index is 13.0. The van der Waals surface area contributed by atoms with E-state index >= 15 is 0 Å². The summed E-state index contributed by atoms with van der Waals surface area (Å²) >= 11 is 1.36. The molecule has 0 amide bonds. The lowest BCUT2D eigenvalue weighted by Gasteiger charge is -2.10. The van der Waals surface area contributed by atoms with E-state index in [9.17, 15) is 9.50 Å². The van der Waals surface area contributed by atoms with E-state index in [1.54, 1.807) is 25.4 Å². The molecule has 1 aromatic heterocycles. The van der Waals surface area contributed by atoms with Crippen molar-refractivity contribution >= 4 is 11.8 Å². The molecule has 0 spiro atoms. The monoisotopic (exact) mass is 238 g/mol. The third-order valence-corrected chi connectivity index (χ3v) is 3.11. The Morgan fingerprint density at radius 2 is 2.31 bits per heavy atom. The molecule has 2 rings (SSSR count). The third kappa shape index (κ3) is 2.43. The SMILES string of the molecule is CC(O)c1cc(F)ccc1Sc1ncc[nH]1. The lowest BCUT2D eigenvalue weighted by Crippen LogP contribution is -1.95. The maximum Gasteiger partial charge on any atom is 0.170 e. The molecule has 3 nitrogen and oxygen atoms in total. The van der Waals surface area contributed by atoms with Gasteiger partial charge in [0.2, 0.25) is 0 Å². The van der Waals surface area contributed by atoms with Crippen LogP contribution in [-0.4, -0.2) is 15.1 Å². The highest BCUT2D eigenvalue weighted by Crippen LogP contribution is 2.31. The number of aliphatic hydroxyl groups excluding tert-OH is 1. The number of nitrogens with one attached hydrogen (secondary N) is 1. The van der Waals surface area contributed by atoms with Gasteiger partial charge >= 0.3 is 0 Å². The fourth-order valence-corrected chi connectivity index (χ4v) is 2.28. The molecule has 0 aliphatic heterocycles. The molecule has 0 fully saturated rings. The van der Waals surface area contributed by atoms with Crippen LogP contribution in [0.1, 0.15) is 18.6 Å². The van der Waals surface area contributed by atoms with E-state index in [1.165, 1.54) is 23.9 Å². The van der Waals surface area contributed by atoms with Crippen LogP contribution >= 0.6 is 11.8 Å². The van der Waals surface area contributed by atoms with Crippen molar-refractivity contribution in [2.45, 2.75) is 23.1 Å². The third-order valence-electron chi connectivity index (χ3n) is 2.10. The van der Waals surface area contributed by atoms with E-state index in [-0.39, 0.29) is 5.82 Å². The molecule has 1 aromatic carbocycles. The van der Waals surface area contributed by atoms with Crippen molar-refractivity contribution in [3.8, 4) is 0 Å². The van der Waals surface area contributed by atoms with Crippen molar-refractivity contribution in [1.29, 1.82) is 0 Å². The van der Waals surface area contributed by atoms with Gasteiger partial charge in [0, 0.05) is 17.3 Å². The lowest BCUT2D eigenvalue weighted by atomic mass is 10.1. The van der Waals surface area contributed by atoms with Gasteiger partial charge in [-0.25, -0.2) is 9.37 Å². The summed E-state index contributed by atoms with van der Waals surface area (Å²) in [5, 5.41) is 10.3. The highest BCUT2D eigenvalue weighted by molar-refractivity contribution is 7.99. The molecule has 1 unspecified atom stereocenters. The predicted octanol–water partition coefficient (Wildman–Crippen LogP) is 2.75. The molecule has 0 radical (unpaired) electrons. The Morgan fingerprint density at radius 1 is 1.50 bits per heavy atom. The Hall–Kier alpha value is -1.33. The second kappa shape index (κ2) is 4.67. The van der Waals surface area contributed by atoms with Crippen LogP contribution in [0.15, 0.2) is 40.6 Å². The zero-order chi connectivity index (χ0) is 11.5. The summed E-state index contributed by atoms with van der Waals surface area (Å²) in [4.78, 5) is 7.81. The Morgan fingerprint density at radius 3 is 2.94 bits per heavy atom. The smallest absolute Gasteiger partial charge is 0.170 e. The fourth-order valence-electron chi connectivity index (χ4n) is 1.35. The van der Waals surface area contributed by atoms with Crippen molar-refractivity contribution in [2.75, 3.05) is 0 Å². The largest absolute Gasteiger partial charge is 0.389 e. The first-order chi connectivity index (χ1) is 7.66. The second-order valence-electron chi connectivity index (χ2n) is 3.35. The fraction of sp³-hybridized carbons (Fsp3) is 0.182. The topological polar surface area (TPSA) is 48.9 Å². The zero-order valence-electron chi connectivity index (χ0n) is 8.64. The summed E-state index contributed by atoms with van der Waals surface area (Å²) in [6.45, 7) is 1.61. The number of hydrogen-bond acceptors (Lipinski definition) is 3. The number of aromatic nitrogens is 2. The predicted molar refractivity (Wildman–Crippen MR) is 59.7 cm³/mol. The average molecular weight is 238 g/mol.